The van der Waals surface area contributed by atoms with Crippen molar-refractivity contribution in [1.29, 1.82) is 0 Å². The van der Waals surface area contributed by atoms with Gasteiger partial charge in [0, 0.05) is 23.7 Å². The molecule has 0 heterocycles. The summed E-state index contributed by atoms with van der Waals surface area (Å²) in [6, 6.07) is 7.95. The van der Waals surface area contributed by atoms with Crippen molar-refractivity contribution in [2.45, 2.75) is 56.7 Å². The maximum Gasteiger partial charge on any atom is 0.0818 e. The van der Waals surface area contributed by atoms with Crippen LogP contribution in [0, 0.1) is 0 Å². The average molecular weight is 297 g/mol. The van der Waals surface area contributed by atoms with E-state index < -0.39 is 6.10 Å². The zero-order valence-electron chi connectivity index (χ0n) is 11.9. The zero-order chi connectivity index (χ0) is 14.4. The Bertz CT molecular complexity index is 390. The van der Waals surface area contributed by atoms with Gasteiger partial charge in [0.05, 0.1) is 6.10 Å². The Hall–Kier alpha value is -0.610. The van der Waals surface area contributed by atoms with Crippen molar-refractivity contribution in [1.82, 2.24) is 5.32 Å². The Morgan fingerprint density at radius 3 is 2.50 bits per heavy atom. The highest BCUT2D eigenvalue weighted by atomic mass is 35.5. The van der Waals surface area contributed by atoms with Crippen molar-refractivity contribution in [3.8, 4) is 0 Å². The van der Waals surface area contributed by atoms with Crippen LogP contribution in [0.2, 0.25) is 5.02 Å². The Morgan fingerprint density at radius 1 is 1.20 bits per heavy atom. The van der Waals surface area contributed by atoms with E-state index in [1.54, 1.807) is 0 Å². The molecule has 1 fully saturated rings. The zero-order valence-corrected chi connectivity index (χ0v) is 12.6. The molecular formula is C16H25ClN2O. The molecule has 112 valence electrons. The van der Waals surface area contributed by atoms with Gasteiger partial charge < -0.3 is 16.2 Å². The van der Waals surface area contributed by atoms with Gasteiger partial charge in [0.2, 0.25) is 0 Å². The first-order chi connectivity index (χ1) is 9.65. The molecule has 4 N–H and O–H groups in total. The first kappa shape index (κ1) is 15.8. The number of hydrogen-bond acceptors (Lipinski definition) is 3. The van der Waals surface area contributed by atoms with Gasteiger partial charge in [-0.3, -0.25) is 0 Å². The molecule has 0 aliphatic heterocycles. The van der Waals surface area contributed by atoms with Crippen LogP contribution >= 0.6 is 11.6 Å². The fourth-order valence-electron chi connectivity index (χ4n) is 2.77. The highest BCUT2D eigenvalue weighted by Crippen LogP contribution is 2.17. The summed E-state index contributed by atoms with van der Waals surface area (Å²) in [7, 11) is 0. The number of hydrogen-bond donors (Lipinski definition) is 3. The fourth-order valence-corrected chi connectivity index (χ4v) is 2.90. The average Bonchev–Trinajstić information content (AvgIpc) is 2.48. The highest BCUT2D eigenvalue weighted by molar-refractivity contribution is 6.30. The molecular weight excluding hydrogens is 272 g/mol. The second kappa shape index (κ2) is 7.99. The van der Waals surface area contributed by atoms with Gasteiger partial charge in [0.1, 0.15) is 0 Å². The van der Waals surface area contributed by atoms with Gasteiger partial charge in [-0.25, -0.2) is 0 Å². The number of nitrogens with two attached hydrogens (primary N) is 1. The third-order valence-corrected chi connectivity index (χ3v) is 4.35. The highest BCUT2D eigenvalue weighted by Gasteiger charge is 2.18. The predicted molar refractivity (Wildman–Crippen MR) is 84.0 cm³/mol. The van der Waals surface area contributed by atoms with Gasteiger partial charge >= 0.3 is 0 Å². The van der Waals surface area contributed by atoms with Crippen LogP contribution in [-0.4, -0.2) is 29.8 Å². The first-order valence-corrected chi connectivity index (χ1v) is 7.94. The normalized spacial score (nSPS) is 19.8. The Balaban J connectivity index is 1.73. The molecule has 4 heteroatoms. The first-order valence-electron chi connectivity index (χ1n) is 7.56. The quantitative estimate of drug-likeness (QED) is 0.756. The molecule has 0 amide bonds. The number of aliphatic hydroxyl groups is 1. The summed E-state index contributed by atoms with van der Waals surface area (Å²) in [6.07, 6.45) is 6.54. The molecule has 0 spiro atoms. The van der Waals surface area contributed by atoms with Crippen LogP contribution in [0.3, 0.4) is 0 Å². The summed E-state index contributed by atoms with van der Waals surface area (Å²) in [5.41, 5.74) is 7.19. The minimum Gasteiger partial charge on any atom is -0.390 e. The number of aliphatic hydroxyl groups excluding tert-OH is 1. The van der Waals surface area contributed by atoms with Crippen LogP contribution in [0.4, 0.5) is 0 Å². The largest absolute Gasteiger partial charge is 0.390 e. The maximum atomic E-state index is 10.2. The van der Waals surface area contributed by atoms with Gasteiger partial charge in [-0.1, -0.05) is 43.0 Å². The van der Waals surface area contributed by atoms with Gasteiger partial charge in [0.15, 0.2) is 0 Å². The van der Waals surface area contributed by atoms with Gasteiger partial charge in [-0.05, 0) is 37.0 Å². The summed E-state index contributed by atoms with van der Waals surface area (Å²) >= 11 is 5.86. The minimum atomic E-state index is -0.507. The maximum absolute atomic E-state index is 10.2. The van der Waals surface area contributed by atoms with Crippen LogP contribution in [-0.2, 0) is 6.42 Å². The van der Waals surface area contributed by atoms with Crippen molar-refractivity contribution < 1.29 is 5.11 Å². The smallest absolute Gasteiger partial charge is 0.0818 e. The Labute approximate surface area is 126 Å². The lowest BCUT2D eigenvalue weighted by atomic mass is 9.95. The molecule has 0 radical (unpaired) electrons. The molecule has 1 saturated carbocycles. The van der Waals surface area contributed by atoms with E-state index in [-0.39, 0.29) is 6.04 Å². The van der Waals surface area contributed by atoms with E-state index in [0.29, 0.717) is 19.0 Å². The molecule has 2 atom stereocenters. The monoisotopic (exact) mass is 296 g/mol. The molecule has 0 aromatic heterocycles. The summed E-state index contributed by atoms with van der Waals surface area (Å²) in [5.74, 6) is 0. The SMILES string of the molecule is N[C@@H](Cc1ccc(Cl)cc1)[C@H](O)CNC1CCCCC1. The molecule has 2 rings (SSSR count). The van der Waals surface area contributed by atoms with Crippen molar-refractivity contribution >= 4 is 11.6 Å². The molecule has 1 aliphatic carbocycles. The molecule has 0 unspecified atom stereocenters. The van der Waals surface area contributed by atoms with E-state index in [0.717, 1.165) is 10.6 Å². The molecule has 0 bridgehead atoms. The standard InChI is InChI=1S/C16H25ClN2O/c17-13-8-6-12(7-9-13)10-15(18)16(20)11-19-14-4-2-1-3-5-14/h6-9,14-16,19-20H,1-5,10-11,18H2/t15-,16+/m0/s1. The number of nitrogens with one attached hydrogen (secondary N) is 1. The lowest BCUT2D eigenvalue weighted by Gasteiger charge is -2.26. The lowest BCUT2D eigenvalue weighted by Crippen LogP contribution is -2.46. The van der Waals surface area contributed by atoms with Gasteiger partial charge in [-0.15, -0.1) is 0 Å². The summed E-state index contributed by atoms with van der Waals surface area (Å²) in [4.78, 5) is 0. The van der Waals surface area contributed by atoms with Gasteiger partial charge in [-0.2, -0.15) is 0 Å². The molecule has 20 heavy (non-hydrogen) atoms. The lowest BCUT2D eigenvalue weighted by molar-refractivity contribution is 0.135. The van der Waals surface area contributed by atoms with Crippen LogP contribution < -0.4 is 11.1 Å². The topological polar surface area (TPSA) is 58.3 Å². The van der Waals surface area contributed by atoms with Crippen molar-refractivity contribution in [3.05, 3.63) is 34.9 Å². The van der Waals surface area contributed by atoms with Crippen LogP contribution in [0.5, 0.6) is 0 Å². The molecule has 1 aliphatic rings. The minimum absolute atomic E-state index is 0.243. The molecule has 1 aromatic rings. The van der Waals surface area contributed by atoms with Crippen molar-refractivity contribution in [3.63, 3.8) is 0 Å². The van der Waals surface area contributed by atoms with E-state index in [1.807, 2.05) is 24.3 Å². The summed E-state index contributed by atoms with van der Waals surface area (Å²) in [6.45, 7) is 0.583. The van der Waals surface area contributed by atoms with E-state index in [2.05, 4.69) is 5.32 Å². The van der Waals surface area contributed by atoms with E-state index >= 15 is 0 Å². The second-order valence-electron chi connectivity index (χ2n) is 5.80. The number of benzene rings is 1. The van der Waals surface area contributed by atoms with E-state index in [1.165, 1.54) is 32.1 Å². The molecule has 0 saturated heterocycles. The number of halogens is 1. The van der Waals surface area contributed by atoms with Crippen LogP contribution in [0.15, 0.2) is 24.3 Å². The van der Waals surface area contributed by atoms with Crippen LogP contribution in [0.25, 0.3) is 0 Å². The Kier molecular flexibility index (Phi) is 6.30. The van der Waals surface area contributed by atoms with Gasteiger partial charge in [0.25, 0.3) is 0 Å². The predicted octanol–water partition coefficient (Wildman–Crippen LogP) is 2.49. The molecule has 1 aromatic carbocycles. The summed E-state index contributed by atoms with van der Waals surface area (Å²) < 4.78 is 0. The van der Waals surface area contributed by atoms with Crippen molar-refractivity contribution in [2.24, 2.45) is 5.73 Å². The van der Waals surface area contributed by atoms with Crippen LogP contribution in [0.1, 0.15) is 37.7 Å². The Morgan fingerprint density at radius 2 is 1.85 bits per heavy atom. The van der Waals surface area contributed by atoms with E-state index in [4.69, 9.17) is 17.3 Å². The fraction of sp³-hybridized carbons (Fsp3) is 0.625. The second-order valence-corrected chi connectivity index (χ2v) is 6.24. The van der Waals surface area contributed by atoms with Crippen molar-refractivity contribution in [2.75, 3.05) is 6.54 Å². The third kappa shape index (κ3) is 5.06. The number of rotatable bonds is 6. The molecule has 3 nitrogen and oxygen atoms in total. The van der Waals surface area contributed by atoms with E-state index in [9.17, 15) is 5.11 Å². The summed E-state index contributed by atoms with van der Waals surface area (Å²) in [5, 5.41) is 14.3. The third-order valence-electron chi connectivity index (χ3n) is 4.10.